The van der Waals surface area contributed by atoms with Gasteiger partial charge >= 0.3 is 0 Å². The van der Waals surface area contributed by atoms with Gasteiger partial charge in [0.15, 0.2) is 17.5 Å². The lowest BCUT2D eigenvalue weighted by Crippen LogP contribution is -2.02. The van der Waals surface area contributed by atoms with Crippen LogP contribution in [0.15, 0.2) is 153 Å². The number of allylic oxidation sites excluding steroid dienone is 3. The molecule has 5 heteroatoms. The maximum Gasteiger partial charge on any atom is 0.164 e. The average Bonchev–Trinajstić information content (AvgIpc) is 3.69. The van der Waals surface area contributed by atoms with Crippen molar-refractivity contribution < 1.29 is 0 Å². The van der Waals surface area contributed by atoms with Crippen LogP contribution in [-0.4, -0.2) is 24.5 Å². The third-order valence-corrected chi connectivity index (χ3v) is 8.82. The number of hydrogen-bond donors (Lipinski definition) is 1. The number of aromatic nitrogens is 5. The standard InChI is InChI=1S/C40H31N5.C5H8/c1-3-14-31-33-24-35-32(30-21-11-12-22-34(30)41-35)25-37(33)45(36(31)4-2)29-20-13-19-28(23-29)40-43-38(26-15-7-5-8-16-26)42-39(44-40)27-17-9-6-10-18-27;1-3-5-4-2/h4-13,15-25,41H,2-3,14H2,1H3;3-5H,1H2,2H3/b;5-4-. The first-order valence-corrected chi connectivity index (χ1v) is 17.0. The van der Waals surface area contributed by atoms with E-state index in [9.17, 15) is 0 Å². The van der Waals surface area contributed by atoms with Crippen LogP contribution in [0.4, 0.5) is 0 Å². The summed E-state index contributed by atoms with van der Waals surface area (Å²) in [4.78, 5) is 18.5. The van der Waals surface area contributed by atoms with Gasteiger partial charge in [-0.1, -0.05) is 136 Å². The van der Waals surface area contributed by atoms with Gasteiger partial charge in [-0.05, 0) is 55.3 Å². The molecule has 0 saturated carbocycles. The fourth-order valence-corrected chi connectivity index (χ4v) is 6.58. The molecule has 0 amide bonds. The summed E-state index contributed by atoms with van der Waals surface area (Å²) in [6, 6.07) is 41.8. The summed E-state index contributed by atoms with van der Waals surface area (Å²) in [5.41, 5.74) is 9.75. The van der Waals surface area contributed by atoms with Gasteiger partial charge in [-0.25, -0.2) is 15.0 Å². The summed E-state index contributed by atoms with van der Waals surface area (Å²) in [6.07, 6.45) is 9.58. The number of H-pyrrole nitrogens is 1. The van der Waals surface area contributed by atoms with E-state index in [4.69, 9.17) is 15.0 Å². The maximum atomic E-state index is 4.99. The number of hydrogen-bond acceptors (Lipinski definition) is 3. The molecular formula is C45H39N5. The van der Waals surface area contributed by atoms with Crippen molar-refractivity contribution in [2.45, 2.75) is 26.7 Å². The molecule has 0 bridgehead atoms. The Kier molecular flexibility index (Phi) is 9.30. The number of aryl methyl sites for hydroxylation is 1. The number of nitrogens with one attached hydrogen (secondary N) is 1. The Morgan fingerprint density at radius 2 is 1.26 bits per heavy atom. The Morgan fingerprint density at radius 3 is 1.86 bits per heavy atom. The minimum Gasteiger partial charge on any atom is -0.354 e. The molecule has 5 nitrogen and oxygen atoms in total. The van der Waals surface area contributed by atoms with Crippen LogP contribution < -0.4 is 0 Å². The molecule has 8 rings (SSSR count). The Hall–Kier alpha value is -6.33. The second-order valence-electron chi connectivity index (χ2n) is 12.1. The molecule has 8 aromatic rings. The van der Waals surface area contributed by atoms with Crippen molar-refractivity contribution in [1.82, 2.24) is 24.5 Å². The van der Waals surface area contributed by atoms with Crippen molar-refractivity contribution in [3.8, 4) is 39.9 Å². The second-order valence-corrected chi connectivity index (χ2v) is 12.1. The maximum absolute atomic E-state index is 4.99. The van der Waals surface area contributed by atoms with E-state index < -0.39 is 0 Å². The summed E-state index contributed by atoms with van der Waals surface area (Å²) in [6.45, 7) is 11.9. The van der Waals surface area contributed by atoms with Gasteiger partial charge in [-0.3, -0.25) is 0 Å². The smallest absolute Gasteiger partial charge is 0.164 e. The molecule has 0 atom stereocenters. The highest BCUT2D eigenvalue weighted by Gasteiger charge is 2.19. The van der Waals surface area contributed by atoms with E-state index in [0.29, 0.717) is 17.5 Å². The largest absolute Gasteiger partial charge is 0.354 e. The molecule has 1 N–H and O–H groups in total. The number of nitrogens with zero attached hydrogens (tertiary/aromatic N) is 4. The van der Waals surface area contributed by atoms with Crippen LogP contribution in [0.2, 0.25) is 0 Å². The van der Waals surface area contributed by atoms with Crippen molar-refractivity contribution in [1.29, 1.82) is 0 Å². The zero-order valence-corrected chi connectivity index (χ0v) is 28.5. The molecule has 244 valence electrons. The van der Waals surface area contributed by atoms with Gasteiger partial charge in [0.2, 0.25) is 0 Å². The first-order valence-electron chi connectivity index (χ1n) is 17.0. The van der Waals surface area contributed by atoms with Gasteiger partial charge in [0.1, 0.15) is 0 Å². The number of fused-ring (bicyclic) bond motifs is 4. The second kappa shape index (κ2) is 14.4. The predicted octanol–water partition coefficient (Wildman–Crippen LogP) is 11.8. The van der Waals surface area contributed by atoms with E-state index in [0.717, 1.165) is 57.5 Å². The van der Waals surface area contributed by atoms with Crippen LogP contribution >= 0.6 is 0 Å². The van der Waals surface area contributed by atoms with Crippen LogP contribution in [0, 0.1) is 0 Å². The fraction of sp³-hybridized carbons (Fsp3) is 0.0889. The number of rotatable bonds is 8. The molecule has 0 aliphatic carbocycles. The van der Waals surface area contributed by atoms with Crippen molar-refractivity contribution in [2.75, 3.05) is 0 Å². The molecule has 0 aliphatic heterocycles. The molecule has 5 aromatic carbocycles. The van der Waals surface area contributed by atoms with Gasteiger partial charge in [-0.2, -0.15) is 0 Å². The summed E-state index contributed by atoms with van der Waals surface area (Å²) >= 11 is 0. The minimum atomic E-state index is 0.633. The van der Waals surface area contributed by atoms with E-state index in [-0.39, 0.29) is 0 Å². The Labute approximate surface area is 293 Å². The van der Waals surface area contributed by atoms with Crippen molar-refractivity contribution in [3.63, 3.8) is 0 Å². The average molecular weight is 650 g/mol. The van der Waals surface area contributed by atoms with Gasteiger partial charge in [0, 0.05) is 55.3 Å². The van der Waals surface area contributed by atoms with Crippen LogP contribution in [0.25, 0.3) is 78.6 Å². The number of aromatic amines is 1. The third kappa shape index (κ3) is 6.17. The fourth-order valence-electron chi connectivity index (χ4n) is 6.58. The van der Waals surface area contributed by atoms with Crippen molar-refractivity contribution >= 4 is 38.8 Å². The van der Waals surface area contributed by atoms with Gasteiger partial charge in [0.05, 0.1) is 5.52 Å². The lowest BCUT2D eigenvalue weighted by molar-refractivity contribution is 0.918. The Morgan fingerprint density at radius 1 is 0.640 bits per heavy atom. The molecule has 3 heterocycles. The van der Waals surface area contributed by atoms with Gasteiger partial charge in [0.25, 0.3) is 0 Å². The molecule has 0 radical (unpaired) electrons. The molecular weight excluding hydrogens is 611 g/mol. The Balaban J connectivity index is 0.000000734. The molecule has 0 aliphatic rings. The van der Waals surface area contributed by atoms with E-state index in [1.165, 1.54) is 21.7 Å². The number of para-hydroxylation sites is 1. The molecule has 0 fully saturated rings. The summed E-state index contributed by atoms with van der Waals surface area (Å²) < 4.78 is 2.34. The van der Waals surface area contributed by atoms with Crippen molar-refractivity contribution in [3.05, 3.63) is 164 Å². The lowest BCUT2D eigenvalue weighted by atomic mass is 10.0. The van der Waals surface area contributed by atoms with Crippen LogP contribution in [0.1, 0.15) is 31.5 Å². The van der Waals surface area contributed by atoms with Gasteiger partial charge < -0.3 is 9.55 Å². The minimum absolute atomic E-state index is 0.633. The third-order valence-electron chi connectivity index (χ3n) is 8.82. The van der Waals surface area contributed by atoms with E-state index >= 15 is 0 Å². The molecule has 0 saturated heterocycles. The highest BCUT2D eigenvalue weighted by molar-refractivity contribution is 6.12. The van der Waals surface area contributed by atoms with E-state index in [1.807, 2.05) is 85.8 Å². The molecule has 0 spiro atoms. The first-order chi connectivity index (χ1) is 24.6. The summed E-state index contributed by atoms with van der Waals surface area (Å²) in [5, 5.41) is 3.68. The topological polar surface area (TPSA) is 59.4 Å². The number of benzene rings is 5. The SMILES string of the molecule is C=C/C=C\C.C=Cc1c(CCC)c2cc3[nH]c4ccccc4c3cc2n1-c1cccc(-c2nc(-c3ccccc3)nc(-c3ccccc3)n2)c1. The Bertz CT molecular complexity index is 2430. The van der Waals surface area contributed by atoms with Crippen LogP contribution in [-0.2, 0) is 6.42 Å². The summed E-state index contributed by atoms with van der Waals surface area (Å²) in [7, 11) is 0. The monoisotopic (exact) mass is 649 g/mol. The van der Waals surface area contributed by atoms with Gasteiger partial charge in [-0.15, -0.1) is 0 Å². The van der Waals surface area contributed by atoms with Crippen molar-refractivity contribution in [2.24, 2.45) is 0 Å². The summed E-state index contributed by atoms with van der Waals surface area (Å²) in [5.74, 6) is 1.93. The highest BCUT2D eigenvalue weighted by atomic mass is 15.0. The quantitative estimate of drug-likeness (QED) is 0.167. The zero-order chi connectivity index (χ0) is 34.5. The van der Waals surface area contributed by atoms with E-state index in [1.54, 1.807) is 6.08 Å². The van der Waals surface area contributed by atoms with Crippen LogP contribution in [0.5, 0.6) is 0 Å². The van der Waals surface area contributed by atoms with E-state index in [2.05, 4.69) is 90.3 Å². The molecule has 3 aromatic heterocycles. The predicted molar refractivity (Wildman–Crippen MR) is 211 cm³/mol. The highest BCUT2D eigenvalue weighted by Crippen LogP contribution is 2.37. The normalized spacial score (nSPS) is 11.2. The molecule has 50 heavy (non-hydrogen) atoms. The zero-order valence-electron chi connectivity index (χ0n) is 28.5. The first kappa shape index (κ1) is 32.2. The lowest BCUT2D eigenvalue weighted by Gasteiger charge is -2.12. The van der Waals surface area contributed by atoms with Crippen LogP contribution in [0.3, 0.4) is 0 Å². The molecule has 0 unspecified atom stereocenters.